The quantitative estimate of drug-likeness (QED) is 0.599. The number of aryl methyl sites for hydroxylation is 1. The summed E-state index contributed by atoms with van der Waals surface area (Å²) in [7, 11) is -1.72. The number of halogens is 1. The normalized spacial score (nSPS) is 14.2. The van der Waals surface area contributed by atoms with Crippen LogP contribution < -0.4 is 9.62 Å². The molecule has 7 nitrogen and oxygen atoms in total. The van der Waals surface area contributed by atoms with Crippen LogP contribution in [0.3, 0.4) is 0 Å². The van der Waals surface area contributed by atoms with Crippen molar-refractivity contribution in [2.45, 2.75) is 25.8 Å². The number of benzene rings is 1. The van der Waals surface area contributed by atoms with Gasteiger partial charge in [0.2, 0.25) is 16.4 Å². The number of rotatable bonds is 7. The molecule has 3 aromatic rings. The standard InChI is InChI=1S/C20H21FN4O3S/c1-3-29(27,28)23-18-7-4-13(10-17(18)21)16-11-19(25(12-26)14-5-6-14)22-20-15(16)8-9-24(20)2/h4,7-12,14,23H,3,5-6H2,1-2H3. The molecule has 0 bridgehead atoms. The van der Waals surface area contributed by atoms with Gasteiger partial charge in [0.15, 0.2) is 0 Å². The molecular formula is C20H21FN4O3S. The van der Waals surface area contributed by atoms with Crippen molar-refractivity contribution in [2.24, 2.45) is 7.05 Å². The van der Waals surface area contributed by atoms with E-state index >= 15 is 0 Å². The summed E-state index contributed by atoms with van der Waals surface area (Å²) in [6.45, 7) is 1.48. The van der Waals surface area contributed by atoms with Crippen LogP contribution in [-0.2, 0) is 21.9 Å². The highest BCUT2D eigenvalue weighted by Crippen LogP contribution is 2.36. The molecule has 29 heavy (non-hydrogen) atoms. The van der Waals surface area contributed by atoms with Crippen LogP contribution in [0.2, 0.25) is 0 Å². The number of hydrogen-bond acceptors (Lipinski definition) is 4. The second kappa shape index (κ2) is 7.14. The predicted octanol–water partition coefficient (Wildman–Crippen LogP) is 3.27. The lowest BCUT2D eigenvalue weighted by Gasteiger charge is -2.18. The number of anilines is 2. The highest BCUT2D eigenvalue weighted by molar-refractivity contribution is 7.92. The number of pyridine rings is 1. The lowest BCUT2D eigenvalue weighted by Crippen LogP contribution is -2.24. The number of carbonyl (C=O) groups excluding carboxylic acids is 1. The third-order valence-electron chi connectivity index (χ3n) is 5.07. The molecule has 0 atom stereocenters. The van der Waals surface area contributed by atoms with Crippen LogP contribution in [0.1, 0.15) is 19.8 Å². The Morgan fingerprint density at radius 3 is 2.69 bits per heavy atom. The van der Waals surface area contributed by atoms with Gasteiger partial charge in [-0.2, -0.15) is 0 Å². The molecule has 1 N–H and O–H groups in total. The van der Waals surface area contributed by atoms with Crippen molar-refractivity contribution in [2.75, 3.05) is 15.4 Å². The van der Waals surface area contributed by atoms with E-state index in [0.29, 0.717) is 17.0 Å². The van der Waals surface area contributed by atoms with Gasteiger partial charge in [-0.3, -0.25) is 14.4 Å². The molecule has 2 aromatic heterocycles. The first-order valence-corrected chi connectivity index (χ1v) is 11.0. The smallest absolute Gasteiger partial charge is 0.232 e. The molecule has 0 spiro atoms. The Labute approximate surface area is 168 Å². The zero-order valence-electron chi connectivity index (χ0n) is 16.1. The van der Waals surface area contributed by atoms with Gasteiger partial charge < -0.3 is 4.57 Å². The lowest BCUT2D eigenvalue weighted by atomic mass is 10.0. The number of sulfonamides is 1. The molecule has 2 heterocycles. The number of nitrogens with one attached hydrogen (secondary N) is 1. The summed E-state index contributed by atoms with van der Waals surface area (Å²) >= 11 is 0. The van der Waals surface area contributed by atoms with E-state index in [1.807, 2.05) is 23.9 Å². The second-order valence-electron chi connectivity index (χ2n) is 7.14. The van der Waals surface area contributed by atoms with Gasteiger partial charge >= 0.3 is 0 Å². The Kier molecular flexibility index (Phi) is 4.77. The number of carbonyl (C=O) groups is 1. The Morgan fingerprint density at radius 1 is 1.31 bits per heavy atom. The van der Waals surface area contributed by atoms with Gasteiger partial charge in [0.25, 0.3) is 0 Å². The molecule has 1 amide bonds. The monoisotopic (exact) mass is 416 g/mol. The Hall–Kier alpha value is -2.94. The van der Waals surface area contributed by atoms with Gasteiger partial charge in [-0.05, 0) is 55.2 Å². The van der Waals surface area contributed by atoms with Crippen LogP contribution in [0.25, 0.3) is 22.2 Å². The summed E-state index contributed by atoms with van der Waals surface area (Å²) in [5.41, 5.74) is 1.88. The van der Waals surface area contributed by atoms with Gasteiger partial charge in [0, 0.05) is 24.7 Å². The summed E-state index contributed by atoms with van der Waals surface area (Å²) in [5, 5.41) is 0.819. The molecule has 0 radical (unpaired) electrons. The van der Waals surface area contributed by atoms with Crippen molar-refractivity contribution >= 4 is 39.0 Å². The van der Waals surface area contributed by atoms with Crippen LogP contribution >= 0.6 is 0 Å². The molecule has 152 valence electrons. The van der Waals surface area contributed by atoms with Crippen LogP contribution in [0, 0.1) is 5.82 Å². The van der Waals surface area contributed by atoms with E-state index in [4.69, 9.17) is 0 Å². The molecule has 1 saturated carbocycles. The summed E-state index contributed by atoms with van der Waals surface area (Å²) in [6, 6.07) is 8.17. The first kappa shape index (κ1) is 19.4. The van der Waals surface area contributed by atoms with E-state index in [9.17, 15) is 17.6 Å². The molecule has 0 saturated heterocycles. The van der Waals surface area contributed by atoms with Gasteiger partial charge in [-0.15, -0.1) is 0 Å². The van der Waals surface area contributed by atoms with Gasteiger partial charge in [-0.25, -0.2) is 17.8 Å². The maximum Gasteiger partial charge on any atom is 0.232 e. The maximum absolute atomic E-state index is 14.7. The summed E-state index contributed by atoms with van der Waals surface area (Å²) in [4.78, 5) is 17.8. The van der Waals surface area contributed by atoms with Crippen molar-refractivity contribution in [3.63, 3.8) is 0 Å². The largest absolute Gasteiger partial charge is 0.335 e. The minimum Gasteiger partial charge on any atom is -0.335 e. The molecule has 1 aliphatic rings. The molecule has 9 heteroatoms. The van der Waals surface area contributed by atoms with E-state index in [2.05, 4.69) is 9.71 Å². The summed E-state index contributed by atoms with van der Waals surface area (Å²) in [5.74, 6) is -0.297. The van der Waals surface area contributed by atoms with Crippen molar-refractivity contribution in [3.05, 3.63) is 42.3 Å². The Balaban J connectivity index is 1.82. The number of fused-ring (bicyclic) bond motifs is 1. The fraction of sp³-hybridized carbons (Fsp3) is 0.300. The zero-order chi connectivity index (χ0) is 20.8. The molecule has 1 aliphatic carbocycles. The van der Waals surface area contributed by atoms with Crippen molar-refractivity contribution < 1.29 is 17.6 Å². The van der Waals surface area contributed by atoms with Gasteiger partial charge in [0.1, 0.15) is 17.3 Å². The zero-order valence-corrected chi connectivity index (χ0v) is 16.9. The first-order valence-electron chi connectivity index (χ1n) is 9.33. The molecule has 0 unspecified atom stereocenters. The lowest BCUT2D eigenvalue weighted by molar-refractivity contribution is -0.107. The number of aromatic nitrogens is 2. The fourth-order valence-electron chi connectivity index (χ4n) is 3.27. The van der Waals surface area contributed by atoms with E-state index in [1.54, 1.807) is 17.0 Å². The summed E-state index contributed by atoms with van der Waals surface area (Å²) < 4.78 is 42.2. The summed E-state index contributed by atoms with van der Waals surface area (Å²) in [6.07, 6.45) is 4.50. The highest BCUT2D eigenvalue weighted by atomic mass is 32.2. The van der Waals surface area contributed by atoms with E-state index in [0.717, 1.165) is 30.2 Å². The molecule has 1 fully saturated rings. The van der Waals surface area contributed by atoms with Crippen molar-refractivity contribution in [1.29, 1.82) is 0 Å². The third-order valence-corrected chi connectivity index (χ3v) is 6.36. The molecule has 0 aliphatic heterocycles. The number of amides is 1. The van der Waals surface area contributed by atoms with Crippen molar-refractivity contribution in [3.8, 4) is 11.1 Å². The average molecular weight is 416 g/mol. The minimum absolute atomic E-state index is 0.0957. The van der Waals surface area contributed by atoms with Crippen LogP contribution in [-0.4, -0.2) is 36.2 Å². The van der Waals surface area contributed by atoms with Gasteiger partial charge in [-0.1, -0.05) is 6.07 Å². The Bertz CT molecular complexity index is 1200. The van der Waals surface area contributed by atoms with Gasteiger partial charge in [0.05, 0.1) is 11.4 Å². The van der Waals surface area contributed by atoms with Crippen LogP contribution in [0.15, 0.2) is 36.5 Å². The molecular weight excluding hydrogens is 395 g/mol. The van der Waals surface area contributed by atoms with Crippen molar-refractivity contribution in [1.82, 2.24) is 9.55 Å². The van der Waals surface area contributed by atoms with E-state index in [1.165, 1.54) is 19.1 Å². The topological polar surface area (TPSA) is 84.3 Å². The number of nitrogens with zero attached hydrogens (tertiary/aromatic N) is 3. The average Bonchev–Trinajstić information content (AvgIpc) is 3.46. The molecule has 1 aromatic carbocycles. The first-order chi connectivity index (χ1) is 13.8. The van der Waals surface area contributed by atoms with Crippen LogP contribution in [0.4, 0.5) is 15.9 Å². The minimum atomic E-state index is -3.58. The third kappa shape index (κ3) is 3.69. The number of hydrogen-bond donors (Lipinski definition) is 1. The molecule has 4 rings (SSSR count). The maximum atomic E-state index is 14.7. The van der Waals surface area contributed by atoms with E-state index < -0.39 is 15.8 Å². The van der Waals surface area contributed by atoms with E-state index in [-0.39, 0.29) is 17.5 Å². The predicted molar refractivity (Wildman–Crippen MR) is 111 cm³/mol. The van der Waals surface area contributed by atoms with Crippen LogP contribution in [0.5, 0.6) is 0 Å². The fourth-order valence-corrected chi connectivity index (χ4v) is 3.92. The highest BCUT2D eigenvalue weighted by Gasteiger charge is 2.30. The SMILES string of the molecule is CCS(=O)(=O)Nc1ccc(-c2cc(N(C=O)C3CC3)nc3c2ccn3C)cc1F. The Morgan fingerprint density at radius 2 is 2.07 bits per heavy atom. The second-order valence-corrected chi connectivity index (χ2v) is 9.15.